The molecule has 0 radical (unpaired) electrons. The van der Waals surface area contributed by atoms with Crippen LogP contribution in [0.5, 0.6) is 0 Å². The molecule has 2 rings (SSSR count). The first-order valence-electron chi connectivity index (χ1n) is 4.98. The molecule has 2 N–H and O–H groups in total. The Morgan fingerprint density at radius 2 is 2.05 bits per heavy atom. The predicted molar refractivity (Wildman–Crippen MR) is 63.1 cm³/mol. The minimum absolute atomic E-state index is 0.174. The first kappa shape index (κ1) is 14.7. The standard InChI is InChI=1S/C8H5F3N4O3S2/c9-8(10,11)5-14-15-6(20-5)12-3(16)1-2-4(17)13-7(18)19-2/h2H,1H2,(H,12,15,16)(H,13,17,18). The van der Waals surface area contributed by atoms with E-state index in [4.69, 9.17) is 0 Å². The number of halogens is 3. The molecule has 1 aromatic rings. The zero-order valence-electron chi connectivity index (χ0n) is 9.35. The second-order valence-corrected chi connectivity index (χ2v) is 5.70. The highest BCUT2D eigenvalue weighted by Crippen LogP contribution is 2.33. The van der Waals surface area contributed by atoms with Crippen LogP contribution in [0.15, 0.2) is 0 Å². The van der Waals surface area contributed by atoms with Gasteiger partial charge in [0.1, 0.15) is 5.25 Å². The fraction of sp³-hybridized carbons (Fsp3) is 0.375. The third kappa shape index (κ3) is 3.45. The van der Waals surface area contributed by atoms with E-state index in [0.29, 0.717) is 11.8 Å². The van der Waals surface area contributed by atoms with Gasteiger partial charge in [-0.05, 0) is 0 Å². The molecule has 20 heavy (non-hydrogen) atoms. The molecule has 0 bridgehead atoms. The number of hydrogen-bond acceptors (Lipinski definition) is 7. The molecular formula is C8H5F3N4O3S2. The van der Waals surface area contributed by atoms with E-state index in [1.807, 2.05) is 5.32 Å². The quantitative estimate of drug-likeness (QED) is 0.866. The van der Waals surface area contributed by atoms with E-state index in [1.165, 1.54) is 0 Å². The monoisotopic (exact) mass is 326 g/mol. The summed E-state index contributed by atoms with van der Waals surface area (Å²) in [5.74, 6) is -1.33. The van der Waals surface area contributed by atoms with Crippen molar-refractivity contribution in [1.82, 2.24) is 15.5 Å². The summed E-state index contributed by atoms with van der Waals surface area (Å²) in [6.45, 7) is 0. The number of anilines is 1. The van der Waals surface area contributed by atoms with Crippen LogP contribution in [0.4, 0.5) is 23.1 Å². The van der Waals surface area contributed by atoms with Gasteiger partial charge in [-0.15, -0.1) is 10.2 Å². The molecule has 12 heteroatoms. The molecule has 0 aliphatic carbocycles. The normalized spacial score (nSPS) is 19.1. The van der Waals surface area contributed by atoms with Crippen LogP contribution >= 0.6 is 23.1 Å². The zero-order valence-corrected chi connectivity index (χ0v) is 11.0. The van der Waals surface area contributed by atoms with Crippen LogP contribution in [0.25, 0.3) is 0 Å². The summed E-state index contributed by atoms with van der Waals surface area (Å²) < 4.78 is 36.8. The maximum Gasteiger partial charge on any atom is 0.445 e. The van der Waals surface area contributed by atoms with Crippen molar-refractivity contribution in [2.24, 2.45) is 0 Å². The van der Waals surface area contributed by atoms with E-state index in [0.717, 1.165) is 0 Å². The molecule has 1 atom stereocenters. The lowest BCUT2D eigenvalue weighted by Crippen LogP contribution is -2.27. The Morgan fingerprint density at radius 3 is 2.55 bits per heavy atom. The van der Waals surface area contributed by atoms with Crippen molar-refractivity contribution in [3.05, 3.63) is 5.01 Å². The van der Waals surface area contributed by atoms with Gasteiger partial charge in [0.05, 0.1) is 0 Å². The Hall–Kier alpha value is -1.69. The highest BCUT2D eigenvalue weighted by atomic mass is 32.2. The fourth-order valence-electron chi connectivity index (χ4n) is 1.25. The summed E-state index contributed by atoms with van der Waals surface area (Å²) in [5, 5.41) is 7.19. The lowest BCUT2D eigenvalue weighted by atomic mass is 10.3. The average molecular weight is 326 g/mol. The Morgan fingerprint density at radius 1 is 1.35 bits per heavy atom. The number of alkyl halides is 3. The van der Waals surface area contributed by atoms with E-state index < -0.39 is 33.5 Å². The fourth-order valence-corrected chi connectivity index (χ4v) is 2.70. The number of nitrogens with zero attached hydrogens (tertiary/aromatic N) is 2. The summed E-state index contributed by atoms with van der Waals surface area (Å²) in [6, 6.07) is 0. The minimum Gasteiger partial charge on any atom is -0.300 e. The van der Waals surface area contributed by atoms with E-state index >= 15 is 0 Å². The van der Waals surface area contributed by atoms with Gasteiger partial charge in [0.25, 0.3) is 5.24 Å². The molecule has 1 saturated heterocycles. The molecule has 1 aliphatic rings. The van der Waals surface area contributed by atoms with Gasteiger partial charge < -0.3 is 5.32 Å². The van der Waals surface area contributed by atoms with Crippen molar-refractivity contribution < 1.29 is 27.6 Å². The summed E-state index contributed by atoms with van der Waals surface area (Å²) in [7, 11) is 0. The van der Waals surface area contributed by atoms with Crippen molar-refractivity contribution in [2.75, 3.05) is 5.32 Å². The van der Waals surface area contributed by atoms with Crippen molar-refractivity contribution in [1.29, 1.82) is 0 Å². The molecule has 2 heterocycles. The average Bonchev–Trinajstić information content (AvgIpc) is 2.86. The van der Waals surface area contributed by atoms with Crippen molar-refractivity contribution in [2.45, 2.75) is 17.8 Å². The molecule has 1 aliphatic heterocycles. The maximum absolute atomic E-state index is 12.3. The smallest absolute Gasteiger partial charge is 0.300 e. The highest BCUT2D eigenvalue weighted by Gasteiger charge is 2.36. The topological polar surface area (TPSA) is 101 Å². The number of thioether (sulfide) groups is 1. The van der Waals surface area contributed by atoms with Crippen LogP contribution in [0.1, 0.15) is 11.4 Å². The lowest BCUT2D eigenvalue weighted by molar-refractivity contribution is -0.138. The van der Waals surface area contributed by atoms with E-state index in [1.54, 1.807) is 0 Å². The highest BCUT2D eigenvalue weighted by molar-refractivity contribution is 8.15. The molecule has 1 unspecified atom stereocenters. The van der Waals surface area contributed by atoms with Gasteiger partial charge in [0.15, 0.2) is 0 Å². The molecule has 3 amide bonds. The molecular weight excluding hydrogens is 321 g/mol. The first-order valence-corrected chi connectivity index (χ1v) is 6.67. The molecule has 7 nitrogen and oxygen atoms in total. The second kappa shape index (κ2) is 5.36. The number of hydrogen-bond donors (Lipinski definition) is 2. The largest absolute Gasteiger partial charge is 0.445 e. The molecule has 0 aromatic carbocycles. The second-order valence-electron chi connectivity index (χ2n) is 3.55. The summed E-state index contributed by atoms with van der Waals surface area (Å²) in [6.07, 6.45) is -4.97. The van der Waals surface area contributed by atoms with Gasteiger partial charge in [-0.25, -0.2) is 0 Å². The molecule has 108 valence electrons. The van der Waals surface area contributed by atoms with Gasteiger partial charge in [-0.1, -0.05) is 23.1 Å². The van der Waals surface area contributed by atoms with E-state index in [-0.39, 0.29) is 22.9 Å². The summed E-state index contributed by atoms with van der Waals surface area (Å²) in [4.78, 5) is 33.6. The number of imide groups is 1. The Balaban J connectivity index is 1.93. The number of nitrogens with one attached hydrogen (secondary N) is 2. The molecule has 0 saturated carbocycles. The Labute approximate surface area is 117 Å². The van der Waals surface area contributed by atoms with Crippen molar-refractivity contribution in [3.8, 4) is 0 Å². The third-order valence-corrected chi connectivity index (χ3v) is 3.92. The van der Waals surface area contributed by atoms with Crippen LogP contribution in [0, 0.1) is 0 Å². The SMILES string of the molecule is O=C(CC1SC(=O)NC1=O)Nc1nnc(C(F)(F)F)s1. The number of carbonyl (C=O) groups excluding carboxylic acids is 3. The molecule has 0 spiro atoms. The third-order valence-electron chi connectivity index (χ3n) is 2.05. The van der Waals surface area contributed by atoms with Crippen LogP contribution in [-0.4, -0.2) is 32.5 Å². The molecule has 1 aromatic heterocycles. The number of aromatic nitrogens is 2. The van der Waals surface area contributed by atoms with Crippen molar-refractivity contribution >= 4 is 45.3 Å². The lowest BCUT2D eigenvalue weighted by Gasteiger charge is -2.03. The van der Waals surface area contributed by atoms with E-state index in [9.17, 15) is 27.6 Å². The van der Waals surface area contributed by atoms with Crippen LogP contribution in [-0.2, 0) is 15.8 Å². The van der Waals surface area contributed by atoms with Gasteiger partial charge in [-0.3, -0.25) is 19.7 Å². The van der Waals surface area contributed by atoms with Gasteiger partial charge in [0, 0.05) is 6.42 Å². The van der Waals surface area contributed by atoms with Gasteiger partial charge >= 0.3 is 6.18 Å². The van der Waals surface area contributed by atoms with Crippen LogP contribution in [0.3, 0.4) is 0 Å². The summed E-state index contributed by atoms with van der Waals surface area (Å²) in [5.41, 5.74) is 0. The minimum atomic E-state index is -4.63. The van der Waals surface area contributed by atoms with E-state index in [2.05, 4.69) is 15.5 Å². The number of amides is 3. The number of carbonyl (C=O) groups is 3. The van der Waals surface area contributed by atoms with Gasteiger partial charge in [-0.2, -0.15) is 13.2 Å². The first-order chi connectivity index (χ1) is 9.25. The van der Waals surface area contributed by atoms with Crippen molar-refractivity contribution in [3.63, 3.8) is 0 Å². The predicted octanol–water partition coefficient (Wildman–Crippen LogP) is 1.24. The number of rotatable bonds is 3. The summed E-state index contributed by atoms with van der Waals surface area (Å²) >= 11 is 0.823. The van der Waals surface area contributed by atoms with Crippen LogP contribution in [0.2, 0.25) is 0 Å². The van der Waals surface area contributed by atoms with Gasteiger partial charge in [0.2, 0.25) is 22.0 Å². The zero-order chi connectivity index (χ0) is 14.9. The Kier molecular flexibility index (Phi) is 3.94. The maximum atomic E-state index is 12.3. The molecule has 1 fully saturated rings. The Bertz CT molecular complexity index is 574. The van der Waals surface area contributed by atoms with Crippen LogP contribution < -0.4 is 10.6 Å².